The Morgan fingerprint density at radius 1 is 0.885 bits per heavy atom. The zero-order chi connectivity index (χ0) is 18.4. The fraction of sp³-hybridized carbons (Fsp3) is 0.0952. The van der Waals surface area contributed by atoms with Gasteiger partial charge in [0.25, 0.3) is 10.0 Å². The zero-order valence-corrected chi connectivity index (χ0v) is 15.3. The number of sulfonamides is 1. The summed E-state index contributed by atoms with van der Waals surface area (Å²) in [6, 6.07) is 19.0. The summed E-state index contributed by atoms with van der Waals surface area (Å²) < 4.78 is 27.0. The molecule has 4 nitrogen and oxygen atoms in total. The van der Waals surface area contributed by atoms with E-state index in [1.807, 2.05) is 55.5 Å². The number of aromatic nitrogens is 1. The van der Waals surface area contributed by atoms with Crippen LogP contribution in [0.15, 0.2) is 78.5 Å². The number of benzene rings is 2. The average Bonchev–Trinajstić information content (AvgIpc) is 2.64. The van der Waals surface area contributed by atoms with Crippen molar-refractivity contribution in [2.45, 2.75) is 13.3 Å². The van der Waals surface area contributed by atoms with Gasteiger partial charge in [-0.15, -0.1) is 0 Å². The number of aryl methyl sites for hydroxylation is 1. The molecule has 0 saturated heterocycles. The van der Waals surface area contributed by atoms with Crippen LogP contribution in [-0.2, 0) is 16.4 Å². The summed E-state index contributed by atoms with van der Waals surface area (Å²) in [5.41, 5.74) is 4.78. The Labute approximate surface area is 154 Å². The Balaban J connectivity index is 1.65. The van der Waals surface area contributed by atoms with Gasteiger partial charge in [-0.25, -0.2) is 8.42 Å². The Morgan fingerprint density at radius 2 is 1.50 bits per heavy atom. The van der Waals surface area contributed by atoms with Gasteiger partial charge in [-0.2, -0.15) is 0 Å². The topological polar surface area (TPSA) is 59.1 Å². The molecule has 0 radical (unpaired) electrons. The van der Waals surface area contributed by atoms with Crippen LogP contribution in [0.4, 0.5) is 5.69 Å². The standard InChI is InChI=1S/C21H20N2O2S/c1-17-2-4-18(5-3-17)12-15-26(24,25)23-21-8-6-19(7-9-21)16-20-10-13-22-14-11-20/h2-15,23H,16H2,1H3. The molecule has 0 aliphatic rings. The van der Waals surface area contributed by atoms with Crippen molar-refractivity contribution in [1.29, 1.82) is 0 Å². The van der Waals surface area contributed by atoms with Gasteiger partial charge in [-0.1, -0.05) is 42.0 Å². The Kier molecular flexibility index (Phi) is 5.49. The van der Waals surface area contributed by atoms with Crippen LogP contribution in [0.1, 0.15) is 22.3 Å². The van der Waals surface area contributed by atoms with E-state index in [1.54, 1.807) is 30.6 Å². The van der Waals surface area contributed by atoms with Crippen LogP contribution in [0.2, 0.25) is 0 Å². The van der Waals surface area contributed by atoms with Crippen LogP contribution in [0, 0.1) is 6.92 Å². The van der Waals surface area contributed by atoms with Crippen LogP contribution in [0.5, 0.6) is 0 Å². The smallest absolute Gasteiger partial charge is 0.255 e. The first-order chi connectivity index (χ1) is 12.5. The van der Waals surface area contributed by atoms with E-state index in [1.165, 1.54) is 5.41 Å². The second-order valence-electron chi connectivity index (χ2n) is 6.09. The van der Waals surface area contributed by atoms with Gasteiger partial charge in [0.1, 0.15) is 0 Å². The van der Waals surface area contributed by atoms with E-state index < -0.39 is 10.0 Å². The minimum atomic E-state index is -3.55. The third-order valence-electron chi connectivity index (χ3n) is 3.89. The van der Waals surface area contributed by atoms with Crippen molar-refractivity contribution in [3.63, 3.8) is 0 Å². The average molecular weight is 364 g/mol. The molecule has 132 valence electrons. The Bertz CT molecular complexity index is 978. The van der Waals surface area contributed by atoms with E-state index >= 15 is 0 Å². The normalized spacial score (nSPS) is 11.6. The number of anilines is 1. The first kappa shape index (κ1) is 17.9. The highest BCUT2D eigenvalue weighted by Gasteiger charge is 2.06. The highest BCUT2D eigenvalue weighted by molar-refractivity contribution is 7.95. The minimum Gasteiger partial charge on any atom is -0.280 e. The molecule has 3 rings (SSSR count). The fourth-order valence-corrected chi connectivity index (χ4v) is 3.34. The number of nitrogens with one attached hydrogen (secondary N) is 1. The van der Waals surface area contributed by atoms with Crippen LogP contribution >= 0.6 is 0 Å². The maximum atomic E-state index is 12.2. The second-order valence-corrected chi connectivity index (χ2v) is 7.66. The lowest BCUT2D eigenvalue weighted by Gasteiger charge is -2.06. The quantitative estimate of drug-likeness (QED) is 0.705. The van der Waals surface area contributed by atoms with Gasteiger partial charge >= 0.3 is 0 Å². The number of rotatable bonds is 6. The first-order valence-electron chi connectivity index (χ1n) is 8.26. The summed E-state index contributed by atoms with van der Waals surface area (Å²) in [5, 5.41) is 1.18. The predicted octanol–water partition coefficient (Wildman–Crippen LogP) is 4.39. The minimum absolute atomic E-state index is 0.539. The molecule has 1 heterocycles. The summed E-state index contributed by atoms with van der Waals surface area (Å²) in [6.07, 6.45) is 5.89. The van der Waals surface area contributed by atoms with Gasteiger partial charge < -0.3 is 0 Å². The van der Waals surface area contributed by atoms with Crippen LogP contribution in [-0.4, -0.2) is 13.4 Å². The first-order valence-corrected chi connectivity index (χ1v) is 9.80. The molecule has 0 saturated carbocycles. The molecule has 3 aromatic rings. The van der Waals surface area contributed by atoms with Crippen molar-refractivity contribution in [2.75, 3.05) is 4.72 Å². The summed E-state index contributed by atoms with van der Waals surface area (Å²) in [5.74, 6) is 0. The molecule has 0 atom stereocenters. The molecule has 26 heavy (non-hydrogen) atoms. The molecule has 1 N–H and O–H groups in total. The largest absolute Gasteiger partial charge is 0.280 e. The van der Waals surface area contributed by atoms with E-state index in [0.29, 0.717) is 5.69 Å². The van der Waals surface area contributed by atoms with Gasteiger partial charge in [0.15, 0.2) is 0 Å². The third-order valence-corrected chi connectivity index (χ3v) is 4.90. The molecule has 0 bridgehead atoms. The maximum absolute atomic E-state index is 12.2. The van der Waals surface area contributed by atoms with E-state index in [0.717, 1.165) is 28.7 Å². The van der Waals surface area contributed by atoms with Gasteiger partial charge in [0.2, 0.25) is 0 Å². The molecular formula is C21H20N2O2S. The molecule has 0 aliphatic carbocycles. The van der Waals surface area contributed by atoms with E-state index in [4.69, 9.17) is 0 Å². The highest BCUT2D eigenvalue weighted by Crippen LogP contribution is 2.15. The van der Waals surface area contributed by atoms with Crippen molar-refractivity contribution < 1.29 is 8.42 Å². The van der Waals surface area contributed by atoms with E-state index in [2.05, 4.69) is 9.71 Å². The number of nitrogens with zero attached hydrogens (tertiary/aromatic N) is 1. The molecule has 0 spiro atoms. The summed E-state index contributed by atoms with van der Waals surface area (Å²) in [4.78, 5) is 4.00. The summed E-state index contributed by atoms with van der Waals surface area (Å²) >= 11 is 0. The van der Waals surface area contributed by atoms with Gasteiger partial charge in [-0.3, -0.25) is 9.71 Å². The molecule has 2 aromatic carbocycles. The van der Waals surface area contributed by atoms with Crippen molar-refractivity contribution in [1.82, 2.24) is 4.98 Å². The van der Waals surface area contributed by atoms with Crippen LogP contribution in [0.3, 0.4) is 0 Å². The van der Waals surface area contributed by atoms with E-state index in [9.17, 15) is 8.42 Å². The molecule has 0 fully saturated rings. The summed E-state index contributed by atoms with van der Waals surface area (Å²) in [7, 11) is -3.55. The molecular weight excluding hydrogens is 344 g/mol. The molecule has 0 unspecified atom stereocenters. The number of hydrogen-bond acceptors (Lipinski definition) is 3. The van der Waals surface area contributed by atoms with Crippen LogP contribution < -0.4 is 4.72 Å². The Morgan fingerprint density at radius 3 is 2.15 bits per heavy atom. The molecule has 0 amide bonds. The lowest BCUT2D eigenvalue weighted by molar-refractivity contribution is 0.609. The zero-order valence-electron chi connectivity index (χ0n) is 14.5. The molecule has 1 aromatic heterocycles. The second kappa shape index (κ2) is 7.97. The van der Waals surface area contributed by atoms with Gasteiger partial charge in [0, 0.05) is 18.1 Å². The molecule has 5 heteroatoms. The number of pyridine rings is 1. The number of hydrogen-bond donors (Lipinski definition) is 1. The third kappa shape index (κ3) is 5.29. The maximum Gasteiger partial charge on any atom is 0.255 e. The Hall–Kier alpha value is -2.92. The van der Waals surface area contributed by atoms with Gasteiger partial charge in [0.05, 0.1) is 5.41 Å². The van der Waals surface area contributed by atoms with Crippen LogP contribution in [0.25, 0.3) is 6.08 Å². The lowest BCUT2D eigenvalue weighted by Crippen LogP contribution is -2.08. The van der Waals surface area contributed by atoms with Crippen molar-refractivity contribution in [3.05, 3.63) is 101 Å². The van der Waals surface area contributed by atoms with E-state index in [-0.39, 0.29) is 0 Å². The molecule has 0 aliphatic heterocycles. The predicted molar refractivity (Wildman–Crippen MR) is 106 cm³/mol. The van der Waals surface area contributed by atoms with Gasteiger partial charge in [-0.05, 0) is 60.4 Å². The monoisotopic (exact) mass is 364 g/mol. The summed E-state index contributed by atoms with van der Waals surface area (Å²) in [6.45, 7) is 1.99. The highest BCUT2D eigenvalue weighted by atomic mass is 32.2. The van der Waals surface area contributed by atoms with Crippen molar-refractivity contribution in [2.24, 2.45) is 0 Å². The SMILES string of the molecule is Cc1ccc(C=CS(=O)(=O)Nc2ccc(Cc3ccncc3)cc2)cc1. The van der Waals surface area contributed by atoms with Crippen molar-refractivity contribution in [3.8, 4) is 0 Å². The fourth-order valence-electron chi connectivity index (χ4n) is 2.47. The van der Waals surface area contributed by atoms with Crippen molar-refractivity contribution >= 4 is 21.8 Å². The lowest BCUT2D eigenvalue weighted by atomic mass is 10.1.